The summed E-state index contributed by atoms with van der Waals surface area (Å²) >= 11 is 0. The molecule has 0 aliphatic carbocycles. The van der Waals surface area contributed by atoms with Crippen LogP contribution in [0.5, 0.6) is 11.5 Å². The summed E-state index contributed by atoms with van der Waals surface area (Å²) in [6, 6.07) is 25.6. The topological polar surface area (TPSA) is 97.3 Å². The molecule has 0 aliphatic heterocycles. The van der Waals surface area contributed by atoms with Gasteiger partial charge in [0.25, 0.3) is 0 Å². The Morgan fingerprint density at radius 3 is 1.85 bits per heavy atom. The molecule has 0 fully saturated rings. The maximum Gasteiger partial charge on any atom is 0.222 e. The van der Waals surface area contributed by atoms with E-state index >= 15 is 0 Å². The van der Waals surface area contributed by atoms with Gasteiger partial charge in [0.2, 0.25) is 11.8 Å². The number of aliphatic hydroxyl groups excluding tert-OH is 1. The van der Waals surface area contributed by atoms with Crippen molar-refractivity contribution in [1.29, 1.82) is 0 Å². The van der Waals surface area contributed by atoms with Crippen LogP contribution in [0.25, 0.3) is 0 Å². The number of nitrogens with zero attached hydrogens (tertiary/aromatic N) is 1. The molecule has 8 nitrogen and oxygen atoms in total. The van der Waals surface area contributed by atoms with Gasteiger partial charge in [0.05, 0.1) is 27.4 Å². The Balaban J connectivity index is 1.84. The third-order valence-corrected chi connectivity index (χ3v) is 7.02. The predicted octanol–water partition coefficient (Wildman–Crippen LogP) is 4.53. The van der Waals surface area contributed by atoms with Crippen LogP contribution in [0.2, 0.25) is 0 Å². The molecule has 3 aromatic carbocycles. The summed E-state index contributed by atoms with van der Waals surface area (Å²) in [5, 5.41) is 12.4. The second-order valence-corrected chi connectivity index (χ2v) is 9.75. The zero-order valence-corrected chi connectivity index (χ0v) is 24.3. The normalized spacial score (nSPS) is 11.1. The van der Waals surface area contributed by atoms with Crippen molar-refractivity contribution < 1.29 is 28.9 Å². The number of hydrogen-bond donors (Lipinski definition) is 2. The molecule has 3 aromatic rings. The summed E-state index contributed by atoms with van der Waals surface area (Å²) in [5.74, 6) is 1.40. The molecule has 0 unspecified atom stereocenters. The molecule has 8 heteroatoms. The van der Waals surface area contributed by atoms with Crippen molar-refractivity contribution >= 4 is 11.8 Å². The molecular formula is C33H42N2O6. The van der Waals surface area contributed by atoms with E-state index in [2.05, 4.69) is 5.32 Å². The predicted molar refractivity (Wildman–Crippen MR) is 159 cm³/mol. The van der Waals surface area contributed by atoms with Crippen LogP contribution in [0.4, 0.5) is 0 Å². The van der Waals surface area contributed by atoms with Gasteiger partial charge in [-0.25, -0.2) is 0 Å². The molecule has 2 amide bonds. The van der Waals surface area contributed by atoms with Crippen molar-refractivity contribution in [3.05, 3.63) is 95.6 Å². The Labute approximate surface area is 243 Å². The molecule has 3 rings (SSSR count). The number of hydrogen-bond acceptors (Lipinski definition) is 6. The number of unbranched alkanes of at least 4 members (excludes halogenated alkanes) is 2. The minimum Gasteiger partial charge on any atom is -0.497 e. The van der Waals surface area contributed by atoms with Crippen LogP contribution in [0.15, 0.2) is 78.9 Å². The highest BCUT2D eigenvalue weighted by Gasteiger charge is 2.38. The lowest BCUT2D eigenvalue weighted by Gasteiger charge is -2.37. The van der Waals surface area contributed by atoms with Gasteiger partial charge in [0, 0.05) is 33.0 Å². The van der Waals surface area contributed by atoms with Crippen molar-refractivity contribution in [3.8, 4) is 11.5 Å². The van der Waals surface area contributed by atoms with Crippen LogP contribution in [-0.4, -0.2) is 68.9 Å². The van der Waals surface area contributed by atoms with Crippen molar-refractivity contribution in [1.82, 2.24) is 10.2 Å². The number of aliphatic hydroxyl groups is 1. The first kappa shape index (κ1) is 31.6. The smallest absolute Gasteiger partial charge is 0.222 e. The zero-order valence-electron chi connectivity index (χ0n) is 24.3. The van der Waals surface area contributed by atoms with E-state index in [0.29, 0.717) is 25.9 Å². The minimum atomic E-state index is -0.975. The quantitative estimate of drug-likeness (QED) is 0.185. The fraction of sp³-hybridized carbons (Fsp3) is 0.394. The SMILES string of the molecule is COc1ccc(C(OCCN(CCO)C(=O)CCCCCNC(C)=O)(c2ccccc2)c2ccc(OC)cc2)cc1. The molecule has 0 saturated heterocycles. The first-order valence-electron chi connectivity index (χ1n) is 14.1. The summed E-state index contributed by atoms with van der Waals surface area (Å²) < 4.78 is 17.7. The molecule has 0 spiro atoms. The number of carbonyl (C=O) groups excluding carboxylic acids is 2. The van der Waals surface area contributed by atoms with E-state index < -0.39 is 5.60 Å². The maximum atomic E-state index is 13.0. The highest BCUT2D eigenvalue weighted by Crippen LogP contribution is 2.41. The number of methoxy groups -OCH3 is 2. The molecule has 0 atom stereocenters. The van der Waals surface area contributed by atoms with Crippen LogP contribution in [0.3, 0.4) is 0 Å². The standard InChI is InChI=1S/C33H42N2O6/c1-26(37)34-21-9-5-8-12-32(38)35(22-24-36)23-25-41-33(27-10-6-4-7-11-27,28-13-17-30(39-2)18-14-28)29-15-19-31(40-3)20-16-29/h4,6-7,10-11,13-20,36H,5,8-9,12,21-25H2,1-3H3,(H,34,37). The lowest BCUT2D eigenvalue weighted by Crippen LogP contribution is -2.39. The Hall–Kier alpha value is -3.88. The molecule has 220 valence electrons. The van der Waals surface area contributed by atoms with Crippen LogP contribution >= 0.6 is 0 Å². The van der Waals surface area contributed by atoms with Crippen molar-refractivity contribution in [2.24, 2.45) is 0 Å². The highest BCUT2D eigenvalue weighted by atomic mass is 16.5. The van der Waals surface area contributed by atoms with Crippen molar-refractivity contribution in [2.45, 2.75) is 38.2 Å². The third kappa shape index (κ3) is 8.80. The van der Waals surface area contributed by atoms with Gasteiger partial charge in [-0.15, -0.1) is 0 Å². The number of nitrogens with one attached hydrogen (secondary N) is 1. The van der Waals surface area contributed by atoms with Gasteiger partial charge in [-0.05, 0) is 53.8 Å². The first-order chi connectivity index (χ1) is 19.9. The summed E-state index contributed by atoms with van der Waals surface area (Å²) in [5.41, 5.74) is 1.79. The second-order valence-electron chi connectivity index (χ2n) is 9.75. The molecule has 41 heavy (non-hydrogen) atoms. The summed E-state index contributed by atoms with van der Waals surface area (Å²) in [6.45, 7) is 2.77. The fourth-order valence-corrected chi connectivity index (χ4v) is 4.87. The Morgan fingerprint density at radius 1 is 0.780 bits per heavy atom. The van der Waals surface area contributed by atoms with E-state index in [4.69, 9.17) is 14.2 Å². The van der Waals surface area contributed by atoms with E-state index in [1.807, 2.05) is 78.9 Å². The summed E-state index contributed by atoms with van der Waals surface area (Å²) in [6.07, 6.45) is 2.74. The van der Waals surface area contributed by atoms with Gasteiger partial charge in [0.15, 0.2) is 0 Å². The number of carbonyl (C=O) groups is 2. The first-order valence-corrected chi connectivity index (χ1v) is 14.1. The molecule has 0 heterocycles. The Kier molecular flexibility index (Phi) is 12.7. The van der Waals surface area contributed by atoms with Gasteiger partial charge in [-0.1, -0.05) is 61.0 Å². The lowest BCUT2D eigenvalue weighted by atomic mass is 9.80. The molecule has 0 aromatic heterocycles. The zero-order chi connectivity index (χ0) is 29.5. The Morgan fingerprint density at radius 2 is 1.34 bits per heavy atom. The molecule has 2 N–H and O–H groups in total. The van der Waals surface area contributed by atoms with E-state index in [1.165, 1.54) is 6.92 Å². The summed E-state index contributed by atoms with van der Waals surface area (Å²) in [4.78, 5) is 25.7. The number of rotatable bonds is 17. The van der Waals surface area contributed by atoms with Gasteiger partial charge >= 0.3 is 0 Å². The lowest BCUT2D eigenvalue weighted by molar-refractivity contribution is -0.133. The van der Waals surface area contributed by atoms with Crippen LogP contribution in [0, 0.1) is 0 Å². The van der Waals surface area contributed by atoms with Crippen LogP contribution in [-0.2, 0) is 19.9 Å². The Bertz CT molecular complexity index is 1150. The molecule has 0 radical (unpaired) electrons. The van der Waals surface area contributed by atoms with Crippen LogP contribution < -0.4 is 14.8 Å². The average Bonchev–Trinajstić information content (AvgIpc) is 3.01. The van der Waals surface area contributed by atoms with Gasteiger partial charge in [0.1, 0.15) is 17.1 Å². The minimum absolute atomic E-state index is 0.0265. The second kappa shape index (κ2) is 16.4. The van der Waals surface area contributed by atoms with Gasteiger partial charge < -0.3 is 29.5 Å². The third-order valence-electron chi connectivity index (χ3n) is 7.02. The van der Waals surface area contributed by atoms with Gasteiger partial charge in [-0.2, -0.15) is 0 Å². The highest BCUT2D eigenvalue weighted by molar-refractivity contribution is 5.76. The van der Waals surface area contributed by atoms with Crippen molar-refractivity contribution in [3.63, 3.8) is 0 Å². The number of amides is 2. The number of benzene rings is 3. The van der Waals surface area contributed by atoms with Crippen molar-refractivity contribution in [2.75, 3.05) is 47.1 Å². The fourth-order valence-electron chi connectivity index (χ4n) is 4.87. The molecule has 0 bridgehead atoms. The number of ether oxygens (including phenoxy) is 3. The van der Waals surface area contributed by atoms with E-state index in [-0.39, 0.29) is 31.6 Å². The average molecular weight is 563 g/mol. The maximum absolute atomic E-state index is 13.0. The van der Waals surface area contributed by atoms with E-state index in [0.717, 1.165) is 41.0 Å². The molecular weight excluding hydrogens is 520 g/mol. The monoisotopic (exact) mass is 562 g/mol. The van der Waals surface area contributed by atoms with Crippen LogP contribution in [0.1, 0.15) is 49.3 Å². The molecule has 0 saturated carbocycles. The van der Waals surface area contributed by atoms with Gasteiger partial charge in [-0.3, -0.25) is 9.59 Å². The summed E-state index contributed by atoms with van der Waals surface area (Å²) in [7, 11) is 3.27. The van der Waals surface area contributed by atoms with E-state index in [9.17, 15) is 14.7 Å². The largest absolute Gasteiger partial charge is 0.497 e. The molecule has 0 aliphatic rings. The van der Waals surface area contributed by atoms with E-state index in [1.54, 1.807) is 19.1 Å².